The van der Waals surface area contributed by atoms with Crippen molar-refractivity contribution in [1.29, 1.82) is 0 Å². The molecule has 0 spiro atoms. The summed E-state index contributed by atoms with van der Waals surface area (Å²) in [4.78, 5) is 11.6. The smallest absolute Gasteiger partial charge is 0.240 e. The molecular weight excluding hydrogens is 550 g/mol. The number of Topliss-reactive ketones (excluding diaryl/α,β-unsaturated/α-hetero) is 1. The predicted molar refractivity (Wildman–Crippen MR) is 172 cm³/mol. The molecule has 0 radical (unpaired) electrons. The Balaban J connectivity index is 1.35. The van der Waals surface area contributed by atoms with E-state index in [-0.39, 0.29) is 17.7 Å². The molecule has 0 amide bonds. The van der Waals surface area contributed by atoms with Crippen LogP contribution in [0.15, 0.2) is 59.5 Å². The predicted octanol–water partition coefficient (Wildman–Crippen LogP) is 9.50. The van der Waals surface area contributed by atoms with Gasteiger partial charge in [-0.3, -0.25) is 4.79 Å². The molecule has 3 atom stereocenters. The number of carbonyl (C=O) groups is 1. The summed E-state index contributed by atoms with van der Waals surface area (Å²) in [6.45, 7) is 1.97. The third-order valence-electron chi connectivity index (χ3n) is 8.79. The Kier molecular flexibility index (Phi) is 15.5. The summed E-state index contributed by atoms with van der Waals surface area (Å²) in [6, 6.07) is 18.0. The highest BCUT2D eigenvalue weighted by molar-refractivity contribution is 7.89. The van der Waals surface area contributed by atoms with E-state index in [2.05, 4.69) is 35.1 Å². The lowest BCUT2D eigenvalue weighted by Crippen LogP contribution is -2.40. The molecule has 228 valence electrons. The molecule has 1 N–H and O–H groups in total. The number of carbonyl (C=O) groups excluding carboxylic acids is 1. The van der Waals surface area contributed by atoms with Crippen LogP contribution in [-0.2, 0) is 14.8 Å². The fraction of sp³-hybridized carbons (Fsp3) is 0.629. The number of hydrogen-bond acceptors (Lipinski definition) is 3. The lowest BCUT2D eigenvalue weighted by molar-refractivity contribution is -0.116. The van der Waals surface area contributed by atoms with Crippen LogP contribution in [0.25, 0.3) is 0 Å². The van der Waals surface area contributed by atoms with Crippen molar-refractivity contribution in [3.05, 3.63) is 65.7 Å². The summed E-state index contributed by atoms with van der Waals surface area (Å²) >= 11 is 5.54. The number of alkyl halides is 1. The fourth-order valence-electron chi connectivity index (χ4n) is 6.40. The number of benzene rings is 2. The molecule has 41 heavy (non-hydrogen) atoms. The van der Waals surface area contributed by atoms with Crippen molar-refractivity contribution in [3.8, 4) is 0 Å². The maximum atomic E-state index is 13.1. The van der Waals surface area contributed by atoms with Gasteiger partial charge in [-0.05, 0) is 68.6 Å². The molecule has 1 aliphatic rings. The minimum absolute atomic E-state index is 0.000558. The number of halogens is 1. The van der Waals surface area contributed by atoms with Gasteiger partial charge >= 0.3 is 0 Å². The van der Waals surface area contributed by atoms with Crippen LogP contribution in [0.5, 0.6) is 0 Å². The van der Waals surface area contributed by atoms with Gasteiger partial charge in [0, 0.05) is 12.5 Å². The van der Waals surface area contributed by atoms with Crippen LogP contribution < -0.4 is 4.72 Å². The minimum atomic E-state index is -3.50. The van der Waals surface area contributed by atoms with E-state index in [0.717, 1.165) is 37.7 Å². The summed E-state index contributed by atoms with van der Waals surface area (Å²) in [6.07, 6.45) is 19.6. The molecule has 0 aliphatic heterocycles. The average molecular weight is 602 g/mol. The molecule has 0 bridgehead atoms. The van der Waals surface area contributed by atoms with E-state index < -0.39 is 10.0 Å². The lowest BCUT2D eigenvalue weighted by atomic mass is 9.72. The molecule has 1 fully saturated rings. The molecule has 2 aromatic carbocycles. The van der Waals surface area contributed by atoms with Gasteiger partial charge in [-0.2, -0.15) is 0 Å². The second-order valence-corrected chi connectivity index (χ2v) is 14.2. The van der Waals surface area contributed by atoms with Crippen LogP contribution in [0.2, 0.25) is 0 Å². The second-order valence-electron chi connectivity index (χ2n) is 12.2. The van der Waals surface area contributed by atoms with Crippen molar-refractivity contribution in [2.24, 2.45) is 5.92 Å². The first-order valence-electron chi connectivity index (χ1n) is 16.1. The molecule has 0 saturated heterocycles. The van der Waals surface area contributed by atoms with Crippen LogP contribution >= 0.6 is 11.6 Å². The summed E-state index contributed by atoms with van der Waals surface area (Å²) in [5.41, 5.74) is 2.47. The van der Waals surface area contributed by atoms with Crippen molar-refractivity contribution in [3.63, 3.8) is 0 Å². The number of sulfonamides is 1. The van der Waals surface area contributed by atoms with Gasteiger partial charge in [0.1, 0.15) is 5.78 Å². The van der Waals surface area contributed by atoms with Crippen molar-refractivity contribution < 1.29 is 13.2 Å². The SMILES string of the molecule is Cc1ccc(S(=O)(=O)NC2CCC(c3ccccc3)C(CCCCCCCCCCCCCCC(=O)CCl)C2)cc1. The normalized spacial score (nSPS) is 19.3. The van der Waals surface area contributed by atoms with Crippen molar-refractivity contribution in [2.45, 2.75) is 133 Å². The Morgan fingerprint density at radius 1 is 0.780 bits per heavy atom. The van der Waals surface area contributed by atoms with E-state index in [1.807, 2.05) is 19.1 Å². The highest BCUT2D eigenvalue weighted by atomic mass is 35.5. The highest BCUT2D eigenvalue weighted by Crippen LogP contribution is 2.41. The maximum Gasteiger partial charge on any atom is 0.240 e. The minimum Gasteiger partial charge on any atom is -0.298 e. The third kappa shape index (κ3) is 12.6. The van der Waals surface area contributed by atoms with Crippen molar-refractivity contribution in [2.75, 3.05) is 5.88 Å². The van der Waals surface area contributed by atoms with E-state index in [4.69, 9.17) is 11.6 Å². The topological polar surface area (TPSA) is 63.2 Å². The Morgan fingerprint density at radius 2 is 1.34 bits per heavy atom. The summed E-state index contributed by atoms with van der Waals surface area (Å²) in [7, 11) is -3.50. The average Bonchev–Trinajstić information content (AvgIpc) is 2.97. The van der Waals surface area contributed by atoms with Crippen LogP contribution in [0.3, 0.4) is 0 Å². The quantitative estimate of drug-likeness (QED) is 0.121. The Labute approximate surface area is 255 Å². The van der Waals surface area contributed by atoms with Gasteiger partial charge in [0.25, 0.3) is 0 Å². The van der Waals surface area contributed by atoms with Crippen LogP contribution in [0, 0.1) is 12.8 Å². The van der Waals surface area contributed by atoms with Crippen molar-refractivity contribution in [1.82, 2.24) is 4.72 Å². The van der Waals surface area contributed by atoms with Crippen LogP contribution in [-0.4, -0.2) is 26.1 Å². The molecule has 4 nitrogen and oxygen atoms in total. The summed E-state index contributed by atoms with van der Waals surface area (Å²) in [5, 5.41) is 0. The third-order valence-corrected chi connectivity index (χ3v) is 10.6. The number of nitrogens with one attached hydrogen (secondary N) is 1. The molecule has 3 rings (SSSR count). The zero-order valence-corrected chi connectivity index (χ0v) is 26.7. The Morgan fingerprint density at radius 3 is 1.93 bits per heavy atom. The maximum absolute atomic E-state index is 13.1. The molecule has 6 heteroatoms. The first kappa shape index (κ1) is 33.8. The first-order valence-corrected chi connectivity index (χ1v) is 18.1. The summed E-state index contributed by atoms with van der Waals surface area (Å²) < 4.78 is 29.2. The lowest BCUT2D eigenvalue weighted by Gasteiger charge is -2.37. The highest BCUT2D eigenvalue weighted by Gasteiger charge is 2.33. The molecule has 0 aromatic heterocycles. The Hall–Kier alpha value is -1.69. The largest absolute Gasteiger partial charge is 0.298 e. The van der Waals surface area contributed by atoms with Gasteiger partial charge in [-0.25, -0.2) is 13.1 Å². The number of ketones is 1. The van der Waals surface area contributed by atoms with Gasteiger partial charge in [0.2, 0.25) is 10.0 Å². The van der Waals surface area contributed by atoms with Crippen molar-refractivity contribution >= 4 is 27.4 Å². The van der Waals surface area contributed by atoms with Crippen LogP contribution in [0.1, 0.15) is 126 Å². The summed E-state index contributed by atoms with van der Waals surface area (Å²) in [5.74, 6) is 1.35. The molecule has 1 aliphatic carbocycles. The molecular formula is C35H52ClNO3S. The molecule has 0 heterocycles. The van der Waals surface area contributed by atoms with Gasteiger partial charge in [-0.15, -0.1) is 11.6 Å². The van der Waals surface area contributed by atoms with E-state index >= 15 is 0 Å². The number of hydrogen-bond donors (Lipinski definition) is 1. The molecule has 3 unspecified atom stereocenters. The fourth-order valence-corrected chi connectivity index (χ4v) is 7.81. The second kappa shape index (κ2) is 18.8. The number of aryl methyl sites for hydroxylation is 1. The van der Waals surface area contributed by atoms with E-state index in [0.29, 0.717) is 23.2 Å². The van der Waals surface area contributed by atoms with E-state index in [1.165, 1.54) is 76.2 Å². The van der Waals surface area contributed by atoms with Gasteiger partial charge in [-0.1, -0.05) is 119 Å². The van der Waals surface area contributed by atoms with Crippen LogP contribution in [0.4, 0.5) is 0 Å². The Bertz CT molecular complexity index is 1100. The van der Waals surface area contributed by atoms with E-state index in [9.17, 15) is 13.2 Å². The molecule has 2 aromatic rings. The zero-order valence-electron chi connectivity index (χ0n) is 25.2. The van der Waals surface area contributed by atoms with E-state index in [1.54, 1.807) is 12.1 Å². The monoisotopic (exact) mass is 601 g/mol. The van der Waals surface area contributed by atoms with Gasteiger partial charge < -0.3 is 0 Å². The van der Waals surface area contributed by atoms with Gasteiger partial charge in [0.15, 0.2) is 0 Å². The number of unbranched alkanes of at least 4 members (excludes halogenated alkanes) is 11. The molecule has 1 saturated carbocycles. The standard InChI is InChI=1S/C35H52ClNO3S/c1-29-21-24-34(25-22-29)41(39,40)37-32-23-26-35(30-17-14-12-15-18-30)31(27-32)19-13-10-8-6-4-2-3-5-7-9-11-16-20-33(38)28-36/h12,14-15,17-18,21-22,24-25,31-32,35,37H,2-11,13,16,19-20,23,26-28H2,1H3. The number of rotatable bonds is 20. The first-order chi connectivity index (χ1) is 19.9. The zero-order chi connectivity index (χ0) is 29.3. The van der Waals surface area contributed by atoms with Gasteiger partial charge in [0.05, 0.1) is 10.8 Å².